The Morgan fingerprint density at radius 2 is 2.00 bits per heavy atom. The van der Waals surface area contributed by atoms with E-state index in [0.717, 1.165) is 17.1 Å². The summed E-state index contributed by atoms with van der Waals surface area (Å²) < 4.78 is 0. The highest BCUT2D eigenvalue weighted by Crippen LogP contribution is 2.22. The summed E-state index contributed by atoms with van der Waals surface area (Å²) in [5, 5.41) is 10.7. The fourth-order valence-electron chi connectivity index (χ4n) is 2.00. The van der Waals surface area contributed by atoms with Crippen LogP contribution in [0.3, 0.4) is 0 Å². The molecule has 18 heavy (non-hydrogen) atoms. The number of rotatable bonds is 4. The van der Waals surface area contributed by atoms with Crippen LogP contribution < -0.4 is 5.73 Å². The topological polar surface area (TPSA) is 80.4 Å². The summed E-state index contributed by atoms with van der Waals surface area (Å²) in [5.41, 5.74) is 6.73. The molecule has 0 aliphatic heterocycles. The summed E-state index contributed by atoms with van der Waals surface area (Å²) in [6, 6.07) is 10.1. The highest BCUT2D eigenvalue weighted by molar-refractivity contribution is 5.93. The standard InChI is InChI=1S/C14H13NO3/c15-13(14(17)18)7-12-10(8-16)6-5-9-3-1-2-4-11(9)12/h1-6,8,13H,7,15H2,(H,17,18). The predicted molar refractivity (Wildman–Crippen MR) is 68.7 cm³/mol. The van der Waals surface area contributed by atoms with E-state index >= 15 is 0 Å². The van der Waals surface area contributed by atoms with Crippen molar-refractivity contribution in [1.82, 2.24) is 0 Å². The number of carboxylic acid groups (broad SMARTS) is 1. The van der Waals surface area contributed by atoms with Crippen LogP contribution in [0.1, 0.15) is 15.9 Å². The highest BCUT2D eigenvalue weighted by Gasteiger charge is 2.16. The lowest BCUT2D eigenvalue weighted by molar-refractivity contribution is -0.138. The second kappa shape index (κ2) is 4.98. The van der Waals surface area contributed by atoms with E-state index < -0.39 is 12.0 Å². The summed E-state index contributed by atoms with van der Waals surface area (Å²) >= 11 is 0. The first kappa shape index (κ1) is 12.3. The molecule has 0 spiro atoms. The summed E-state index contributed by atoms with van der Waals surface area (Å²) in [7, 11) is 0. The zero-order valence-electron chi connectivity index (χ0n) is 9.67. The Kier molecular flexibility index (Phi) is 3.39. The van der Waals surface area contributed by atoms with Crippen LogP contribution in [0.4, 0.5) is 0 Å². The quantitative estimate of drug-likeness (QED) is 0.799. The van der Waals surface area contributed by atoms with Gasteiger partial charge in [0.2, 0.25) is 0 Å². The van der Waals surface area contributed by atoms with Gasteiger partial charge in [-0.25, -0.2) is 0 Å². The normalized spacial score (nSPS) is 12.3. The third-order valence-corrected chi connectivity index (χ3v) is 2.95. The average molecular weight is 243 g/mol. The maximum atomic E-state index is 11.0. The van der Waals surface area contributed by atoms with Gasteiger partial charge in [-0.15, -0.1) is 0 Å². The predicted octanol–water partition coefficient (Wildman–Crippen LogP) is 1.61. The molecular formula is C14H13NO3. The minimum absolute atomic E-state index is 0.144. The molecule has 3 N–H and O–H groups in total. The van der Waals surface area contributed by atoms with E-state index in [0.29, 0.717) is 11.1 Å². The summed E-state index contributed by atoms with van der Waals surface area (Å²) in [5.74, 6) is -1.07. The Bertz CT molecular complexity index is 607. The molecule has 0 aliphatic rings. The van der Waals surface area contributed by atoms with Crippen LogP contribution in [0.5, 0.6) is 0 Å². The van der Waals surface area contributed by atoms with Crippen LogP contribution in [-0.2, 0) is 11.2 Å². The zero-order valence-corrected chi connectivity index (χ0v) is 9.67. The molecule has 0 aromatic heterocycles. The number of aldehydes is 1. The Morgan fingerprint density at radius 1 is 1.28 bits per heavy atom. The maximum Gasteiger partial charge on any atom is 0.320 e. The number of fused-ring (bicyclic) bond motifs is 1. The molecule has 0 fully saturated rings. The first-order valence-electron chi connectivity index (χ1n) is 5.57. The van der Waals surface area contributed by atoms with Crippen molar-refractivity contribution in [2.45, 2.75) is 12.5 Å². The lowest BCUT2D eigenvalue weighted by Gasteiger charge is -2.12. The van der Waals surface area contributed by atoms with Gasteiger partial charge in [0.1, 0.15) is 12.3 Å². The molecular weight excluding hydrogens is 230 g/mol. The van der Waals surface area contributed by atoms with Crippen LogP contribution in [0, 0.1) is 0 Å². The second-order valence-electron chi connectivity index (χ2n) is 4.12. The summed E-state index contributed by atoms with van der Waals surface area (Å²) in [4.78, 5) is 21.9. The molecule has 2 aromatic rings. The number of hydrogen-bond acceptors (Lipinski definition) is 3. The lowest BCUT2D eigenvalue weighted by atomic mass is 9.94. The minimum Gasteiger partial charge on any atom is -0.480 e. The molecule has 0 saturated heterocycles. The molecule has 2 rings (SSSR count). The van der Waals surface area contributed by atoms with E-state index in [1.807, 2.05) is 30.3 Å². The van der Waals surface area contributed by atoms with Gasteiger partial charge in [-0.1, -0.05) is 36.4 Å². The third-order valence-electron chi connectivity index (χ3n) is 2.95. The SMILES string of the molecule is NC(Cc1c(C=O)ccc2ccccc12)C(=O)O. The van der Waals surface area contributed by atoms with Crippen molar-refractivity contribution in [3.63, 3.8) is 0 Å². The van der Waals surface area contributed by atoms with E-state index in [-0.39, 0.29) is 6.42 Å². The van der Waals surface area contributed by atoms with Crippen LogP contribution in [-0.4, -0.2) is 23.4 Å². The summed E-state index contributed by atoms with van der Waals surface area (Å²) in [6.07, 6.45) is 0.876. The molecule has 2 aromatic carbocycles. The van der Waals surface area contributed by atoms with Gasteiger partial charge in [-0.05, 0) is 22.8 Å². The number of nitrogens with two attached hydrogens (primary N) is 1. The van der Waals surface area contributed by atoms with Crippen LogP contribution in [0.25, 0.3) is 10.8 Å². The van der Waals surface area contributed by atoms with Gasteiger partial charge in [0.15, 0.2) is 0 Å². The van der Waals surface area contributed by atoms with Crippen LogP contribution >= 0.6 is 0 Å². The first-order valence-corrected chi connectivity index (χ1v) is 5.57. The molecule has 92 valence electrons. The number of benzene rings is 2. The van der Waals surface area contributed by atoms with Crippen molar-refractivity contribution in [3.05, 3.63) is 47.5 Å². The molecule has 4 heteroatoms. The van der Waals surface area contributed by atoms with E-state index in [1.54, 1.807) is 6.07 Å². The number of aliphatic carboxylic acids is 1. The van der Waals surface area contributed by atoms with Gasteiger partial charge in [-0.2, -0.15) is 0 Å². The van der Waals surface area contributed by atoms with Gasteiger partial charge in [0.25, 0.3) is 0 Å². The largest absolute Gasteiger partial charge is 0.480 e. The zero-order chi connectivity index (χ0) is 13.1. The van der Waals surface area contributed by atoms with E-state index in [1.165, 1.54) is 0 Å². The second-order valence-corrected chi connectivity index (χ2v) is 4.12. The van der Waals surface area contributed by atoms with Crippen molar-refractivity contribution < 1.29 is 14.7 Å². The molecule has 0 aliphatic carbocycles. The minimum atomic E-state index is -1.07. The van der Waals surface area contributed by atoms with Crippen LogP contribution in [0.15, 0.2) is 36.4 Å². The van der Waals surface area contributed by atoms with Crippen molar-refractivity contribution >= 4 is 23.0 Å². The molecule has 1 unspecified atom stereocenters. The highest BCUT2D eigenvalue weighted by atomic mass is 16.4. The Labute approximate surface area is 104 Å². The number of hydrogen-bond donors (Lipinski definition) is 2. The smallest absolute Gasteiger partial charge is 0.320 e. The third kappa shape index (κ3) is 2.24. The number of carbonyl (C=O) groups excluding carboxylic acids is 1. The Balaban J connectivity index is 2.57. The molecule has 0 bridgehead atoms. The monoisotopic (exact) mass is 243 g/mol. The van der Waals surface area contributed by atoms with Gasteiger partial charge >= 0.3 is 5.97 Å². The van der Waals surface area contributed by atoms with Crippen molar-refractivity contribution in [2.24, 2.45) is 5.73 Å². The van der Waals surface area contributed by atoms with Crippen molar-refractivity contribution in [2.75, 3.05) is 0 Å². The summed E-state index contributed by atoms with van der Waals surface area (Å²) in [6.45, 7) is 0. The van der Waals surface area contributed by atoms with Crippen molar-refractivity contribution in [1.29, 1.82) is 0 Å². The van der Waals surface area contributed by atoms with E-state index in [9.17, 15) is 9.59 Å². The lowest BCUT2D eigenvalue weighted by Crippen LogP contribution is -2.32. The number of carboxylic acids is 1. The fourth-order valence-corrected chi connectivity index (χ4v) is 2.00. The van der Waals surface area contributed by atoms with Crippen LogP contribution in [0.2, 0.25) is 0 Å². The van der Waals surface area contributed by atoms with E-state index in [2.05, 4.69) is 0 Å². The molecule has 1 atom stereocenters. The first-order chi connectivity index (χ1) is 8.63. The maximum absolute atomic E-state index is 11.0. The Morgan fingerprint density at radius 3 is 2.67 bits per heavy atom. The van der Waals surface area contributed by atoms with E-state index in [4.69, 9.17) is 10.8 Å². The van der Waals surface area contributed by atoms with Gasteiger partial charge in [-0.3, -0.25) is 9.59 Å². The Hall–Kier alpha value is -2.20. The van der Waals surface area contributed by atoms with Gasteiger partial charge < -0.3 is 10.8 Å². The van der Waals surface area contributed by atoms with Gasteiger partial charge in [0.05, 0.1) is 0 Å². The molecule has 0 saturated carbocycles. The van der Waals surface area contributed by atoms with Crippen molar-refractivity contribution in [3.8, 4) is 0 Å². The average Bonchev–Trinajstić information content (AvgIpc) is 2.39. The molecule has 0 amide bonds. The molecule has 0 radical (unpaired) electrons. The van der Waals surface area contributed by atoms with Gasteiger partial charge in [0, 0.05) is 5.56 Å². The number of carbonyl (C=O) groups is 2. The fraction of sp³-hybridized carbons (Fsp3) is 0.143. The molecule has 4 nitrogen and oxygen atoms in total. The molecule has 0 heterocycles.